The molecule has 5 heteroatoms. The number of aromatic amines is 1. The van der Waals surface area contributed by atoms with Gasteiger partial charge in [0.1, 0.15) is 17.9 Å². The van der Waals surface area contributed by atoms with E-state index in [-0.39, 0.29) is 0 Å². The summed E-state index contributed by atoms with van der Waals surface area (Å²) in [6, 6.07) is 8.50. The van der Waals surface area contributed by atoms with Crippen LogP contribution in [0.3, 0.4) is 0 Å². The molecule has 0 aliphatic heterocycles. The van der Waals surface area contributed by atoms with Gasteiger partial charge in [0.15, 0.2) is 0 Å². The smallest absolute Gasteiger partial charge is 0.137 e. The first-order chi connectivity index (χ1) is 9.85. The van der Waals surface area contributed by atoms with Gasteiger partial charge in [-0.15, -0.1) is 0 Å². The summed E-state index contributed by atoms with van der Waals surface area (Å²) in [5.74, 6) is 1.89. The highest BCUT2D eigenvalue weighted by atomic mass is 16.5. The highest BCUT2D eigenvalue weighted by Gasteiger charge is 2.12. The first-order valence-corrected chi connectivity index (χ1v) is 7.05. The van der Waals surface area contributed by atoms with Crippen LogP contribution >= 0.6 is 0 Å². The SMILES string of the molecule is CCC(NCCCc1ncn[nH]1)c1ccccc1OC. The lowest BCUT2D eigenvalue weighted by Crippen LogP contribution is -2.22. The maximum absolute atomic E-state index is 5.43. The van der Waals surface area contributed by atoms with Gasteiger partial charge in [0.05, 0.1) is 7.11 Å². The number of benzene rings is 1. The number of H-pyrrole nitrogens is 1. The Balaban J connectivity index is 1.85. The van der Waals surface area contributed by atoms with Gasteiger partial charge in [-0.1, -0.05) is 25.1 Å². The Labute approximate surface area is 119 Å². The second-order valence-corrected chi connectivity index (χ2v) is 4.69. The first kappa shape index (κ1) is 14.5. The lowest BCUT2D eigenvalue weighted by Gasteiger charge is -2.19. The Morgan fingerprint density at radius 1 is 1.35 bits per heavy atom. The predicted octanol–water partition coefficient (Wildman–Crippen LogP) is 2.49. The molecule has 1 unspecified atom stereocenters. The van der Waals surface area contributed by atoms with Crippen molar-refractivity contribution in [3.63, 3.8) is 0 Å². The van der Waals surface area contributed by atoms with E-state index in [9.17, 15) is 0 Å². The largest absolute Gasteiger partial charge is 0.496 e. The van der Waals surface area contributed by atoms with Gasteiger partial charge < -0.3 is 10.1 Å². The number of methoxy groups -OCH3 is 1. The molecule has 2 aromatic rings. The Morgan fingerprint density at radius 2 is 2.20 bits per heavy atom. The van der Waals surface area contributed by atoms with E-state index >= 15 is 0 Å². The molecule has 0 saturated carbocycles. The molecule has 1 heterocycles. The van der Waals surface area contributed by atoms with Crippen LogP contribution in [-0.4, -0.2) is 28.8 Å². The molecular formula is C15H22N4O. The molecule has 0 spiro atoms. The molecule has 2 rings (SSSR count). The Hall–Kier alpha value is -1.88. The third kappa shape index (κ3) is 3.81. The molecular weight excluding hydrogens is 252 g/mol. The molecule has 5 nitrogen and oxygen atoms in total. The molecule has 1 aromatic heterocycles. The molecule has 1 atom stereocenters. The maximum Gasteiger partial charge on any atom is 0.137 e. The third-order valence-electron chi connectivity index (χ3n) is 3.37. The summed E-state index contributed by atoms with van der Waals surface area (Å²) >= 11 is 0. The number of rotatable bonds is 8. The topological polar surface area (TPSA) is 62.8 Å². The van der Waals surface area contributed by atoms with E-state index in [1.54, 1.807) is 13.4 Å². The van der Waals surface area contributed by atoms with Gasteiger partial charge in [-0.2, -0.15) is 5.10 Å². The van der Waals surface area contributed by atoms with E-state index in [1.165, 1.54) is 5.56 Å². The second-order valence-electron chi connectivity index (χ2n) is 4.69. The molecule has 0 aliphatic carbocycles. The quantitative estimate of drug-likeness (QED) is 0.726. The lowest BCUT2D eigenvalue weighted by molar-refractivity contribution is 0.396. The number of nitrogens with zero attached hydrogens (tertiary/aromatic N) is 2. The predicted molar refractivity (Wildman–Crippen MR) is 78.7 cm³/mol. The molecule has 1 aromatic carbocycles. The van der Waals surface area contributed by atoms with Crippen molar-refractivity contribution in [1.29, 1.82) is 0 Å². The Morgan fingerprint density at radius 3 is 2.90 bits per heavy atom. The third-order valence-corrected chi connectivity index (χ3v) is 3.37. The summed E-state index contributed by atoms with van der Waals surface area (Å²) in [6.45, 7) is 3.12. The molecule has 2 N–H and O–H groups in total. The van der Waals surface area contributed by atoms with Gasteiger partial charge >= 0.3 is 0 Å². The van der Waals surface area contributed by atoms with Gasteiger partial charge in [-0.05, 0) is 25.5 Å². The molecule has 108 valence electrons. The van der Waals surface area contributed by atoms with Crippen LogP contribution in [0.1, 0.15) is 37.2 Å². The highest BCUT2D eigenvalue weighted by Crippen LogP contribution is 2.26. The lowest BCUT2D eigenvalue weighted by atomic mass is 10.0. The van der Waals surface area contributed by atoms with Crippen LogP contribution in [0.2, 0.25) is 0 Å². The number of hydrogen-bond donors (Lipinski definition) is 2. The van der Waals surface area contributed by atoms with E-state index in [0.717, 1.165) is 37.4 Å². The second kappa shape index (κ2) is 7.65. The molecule has 0 amide bonds. The summed E-state index contributed by atoms with van der Waals surface area (Å²) < 4.78 is 5.43. The number of aryl methyl sites for hydroxylation is 1. The van der Waals surface area contributed by atoms with Crippen molar-refractivity contribution >= 4 is 0 Å². The van der Waals surface area contributed by atoms with Crippen molar-refractivity contribution in [3.8, 4) is 5.75 Å². The zero-order chi connectivity index (χ0) is 14.2. The summed E-state index contributed by atoms with van der Waals surface area (Å²) in [7, 11) is 1.72. The minimum absolute atomic E-state index is 0.320. The van der Waals surface area contributed by atoms with Crippen LogP contribution in [0.25, 0.3) is 0 Å². The number of aromatic nitrogens is 3. The van der Waals surface area contributed by atoms with Crippen molar-refractivity contribution in [2.75, 3.05) is 13.7 Å². The van der Waals surface area contributed by atoms with Gasteiger partial charge in [0, 0.05) is 18.0 Å². The molecule has 0 saturated heterocycles. The maximum atomic E-state index is 5.43. The van der Waals surface area contributed by atoms with Gasteiger partial charge in [-0.3, -0.25) is 5.10 Å². The number of nitrogens with one attached hydrogen (secondary N) is 2. The fraction of sp³-hybridized carbons (Fsp3) is 0.467. The minimum atomic E-state index is 0.320. The van der Waals surface area contributed by atoms with Crippen LogP contribution in [0.4, 0.5) is 0 Å². The van der Waals surface area contributed by atoms with Crippen molar-refractivity contribution in [2.24, 2.45) is 0 Å². The molecule has 20 heavy (non-hydrogen) atoms. The fourth-order valence-corrected chi connectivity index (χ4v) is 2.31. The zero-order valence-corrected chi connectivity index (χ0v) is 12.1. The number of ether oxygens (including phenoxy) is 1. The van der Waals surface area contributed by atoms with Crippen molar-refractivity contribution in [3.05, 3.63) is 42.0 Å². The normalized spacial score (nSPS) is 12.3. The van der Waals surface area contributed by atoms with Crippen LogP contribution in [0.5, 0.6) is 5.75 Å². The molecule has 0 radical (unpaired) electrons. The molecule has 0 aliphatic rings. The first-order valence-electron chi connectivity index (χ1n) is 7.05. The van der Waals surface area contributed by atoms with E-state index < -0.39 is 0 Å². The van der Waals surface area contributed by atoms with Gasteiger partial charge in [-0.25, -0.2) is 4.98 Å². The number of para-hydroxylation sites is 1. The minimum Gasteiger partial charge on any atom is -0.496 e. The van der Waals surface area contributed by atoms with Crippen molar-refractivity contribution < 1.29 is 4.74 Å². The van der Waals surface area contributed by atoms with Crippen LogP contribution in [0.15, 0.2) is 30.6 Å². The average molecular weight is 274 g/mol. The van der Waals surface area contributed by atoms with E-state index in [4.69, 9.17) is 4.74 Å². The summed E-state index contributed by atoms with van der Waals surface area (Å²) in [5, 5.41) is 10.3. The van der Waals surface area contributed by atoms with E-state index in [1.807, 2.05) is 12.1 Å². The van der Waals surface area contributed by atoms with Crippen LogP contribution in [0, 0.1) is 0 Å². The average Bonchev–Trinajstić information content (AvgIpc) is 3.01. The van der Waals surface area contributed by atoms with Crippen LogP contribution in [-0.2, 0) is 6.42 Å². The Kier molecular flexibility index (Phi) is 5.55. The molecule has 0 bridgehead atoms. The van der Waals surface area contributed by atoms with Crippen molar-refractivity contribution in [2.45, 2.75) is 32.2 Å². The van der Waals surface area contributed by atoms with E-state index in [2.05, 4.69) is 39.6 Å². The summed E-state index contributed by atoms with van der Waals surface area (Å²) in [5.41, 5.74) is 1.22. The highest BCUT2D eigenvalue weighted by molar-refractivity contribution is 5.35. The monoisotopic (exact) mass is 274 g/mol. The van der Waals surface area contributed by atoms with Gasteiger partial charge in [0.25, 0.3) is 0 Å². The number of hydrogen-bond acceptors (Lipinski definition) is 4. The van der Waals surface area contributed by atoms with Crippen LogP contribution < -0.4 is 10.1 Å². The summed E-state index contributed by atoms with van der Waals surface area (Å²) in [6.07, 6.45) is 4.52. The zero-order valence-electron chi connectivity index (χ0n) is 12.1. The fourth-order valence-electron chi connectivity index (χ4n) is 2.31. The van der Waals surface area contributed by atoms with E-state index in [0.29, 0.717) is 6.04 Å². The van der Waals surface area contributed by atoms with Crippen molar-refractivity contribution in [1.82, 2.24) is 20.5 Å². The Bertz CT molecular complexity index is 498. The molecule has 0 fully saturated rings. The standard InChI is InChI=1S/C15H22N4O/c1-3-13(12-7-4-5-8-14(12)20-2)16-10-6-9-15-17-11-18-19-15/h4-5,7-8,11,13,16H,3,6,9-10H2,1-2H3,(H,17,18,19). The van der Waals surface area contributed by atoms with Gasteiger partial charge in [0.2, 0.25) is 0 Å². The summed E-state index contributed by atoms with van der Waals surface area (Å²) in [4.78, 5) is 4.12.